The number of Topliss-reactive ketones (excluding diaryl/α,β-unsaturated/α-hetero) is 1. The highest BCUT2D eigenvalue weighted by Gasteiger charge is 2.25. The number of alkyl carbamates (subject to hydrolysis) is 1. The summed E-state index contributed by atoms with van der Waals surface area (Å²) in [6, 6.07) is 9.18. The normalized spacial score (nSPS) is 11.3. The van der Waals surface area contributed by atoms with Crippen LogP contribution in [0.1, 0.15) is 19.4 Å². The summed E-state index contributed by atoms with van der Waals surface area (Å²) in [6.45, 7) is 3.09. The Morgan fingerprint density at radius 2 is 1.81 bits per heavy atom. The fourth-order valence-electron chi connectivity index (χ4n) is 1.60. The molecule has 0 aliphatic rings. The summed E-state index contributed by atoms with van der Waals surface area (Å²) < 4.78 is 9.76. The molecule has 1 amide bonds. The van der Waals surface area contributed by atoms with E-state index >= 15 is 0 Å². The first-order chi connectivity index (χ1) is 10.0. The lowest BCUT2D eigenvalue weighted by Crippen LogP contribution is -2.37. The van der Waals surface area contributed by atoms with Crippen LogP contribution in [0, 0.1) is 5.92 Å². The molecule has 0 fully saturated rings. The monoisotopic (exact) mass is 293 g/mol. The van der Waals surface area contributed by atoms with Crippen molar-refractivity contribution in [2.75, 3.05) is 13.2 Å². The molecule has 1 rings (SSSR count). The van der Waals surface area contributed by atoms with Gasteiger partial charge in [-0.3, -0.25) is 9.59 Å². The molecular formula is C15H19NO5. The molecular weight excluding hydrogens is 274 g/mol. The second-order valence-corrected chi connectivity index (χ2v) is 4.36. The first-order valence-electron chi connectivity index (χ1n) is 6.66. The Kier molecular flexibility index (Phi) is 6.94. The lowest BCUT2D eigenvalue weighted by Gasteiger charge is -2.13. The molecule has 0 bridgehead atoms. The van der Waals surface area contributed by atoms with Crippen molar-refractivity contribution in [2.24, 2.45) is 5.92 Å². The van der Waals surface area contributed by atoms with Crippen molar-refractivity contribution in [1.29, 1.82) is 0 Å². The van der Waals surface area contributed by atoms with Crippen molar-refractivity contribution in [1.82, 2.24) is 5.32 Å². The molecule has 1 N–H and O–H groups in total. The highest BCUT2D eigenvalue weighted by atomic mass is 16.5. The molecule has 0 radical (unpaired) electrons. The minimum Gasteiger partial charge on any atom is -0.465 e. The van der Waals surface area contributed by atoms with Crippen molar-refractivity contribution < 1.29 is 23.9 Å². The van der Waals surface area contributed by atoms with Gasteiger partial charge in [0.15, 0.2) is 0 Å². The smallest absolute Gasteiger partial charge is 0.407 e. The summed E-state index contributed by atoms with van der Waals surface area (Å²) >= 11 is 0. The third-order valence-corrected chi connectivity index (χ3v) is 2.73. The van der Waals surface area contributed by atoms with E-state index < -0.39 is 18.0 Å². The molecule has 6 heteroatoms. The molecule has 6 nitrogen and oxygen atoms in total. The molecule has 21 heavy (non-hydrogen) atoms. The van der Waals surface area contributed by atoms with Gasteiger partial charge in [-0.25, -0.2) is 4.79 Å². The van der Waals surface area contributed by atoms with E-state index in [4.69, 9.17) is 9.47 Å². The number of benzene rings is 1. The molecule has 1 aromatic carbocycles. The molecule has 0 aromatic heterocycles. The highest BCUT2D eigenvalue weighted by molar-refractivity contribution is 5.98. The molecule has 1 unspecified atom stereocenters. The zero-order chi connectivity index (χ0) is 15.7. The van der Waals surface area contributed by atoms with E-state index in [-0.39, 0.29) is 25.5 Å². The van der Waals surface area contributed by atoms with E-state index in [2.05, 4.69) is 5.32 Å². The lowest BCUT2D eigenvalue weighted by atomic mass is 10.1. The number of hydrogen-bond donors (Lipinski definition) is 1. The van der Waals surface area contributed by atoms with Gasteiger partial charge < -0.3 is 14.8 Å². The molecule has 0 heterocycles. The summed E-state index contributed by atoms with van der Waals surface area (Å²) in [5, 5.41) is 2.39. The standard InChI is InChI=1S/C15H19NO5/c1-3-20-14(18)13(11(2)17)9-16-15(19)21-10-12-7-5-4-6-8-12/h4-8,13H,3,9-10H2,1-2H3,(H,16,19). The second-order valence-electron chi connectivity index (χ2n) is 4.36. The number of rotatable bonds is 7. The Labute approximate surface area is 123 Å². The molecule has 1 aromatic rings. The van der Waals surface area contributed by atoms with Gasteiger partial charge in [0.2, 0.25) is 0 Å². The van der Waals surface area contributed by atoms with Crippen LogP contribution in [0.25, 0.3) is 0 Å². The number of carbonyl (C=O) groups is 3. The van der Waals surface area contributed by atoms with Crippen LogP contribution in [0.3, 0.4) is 0 Å². The number of esters is 1. The Bertz CT molecular complexity index is 486. The van der Waals surface area contributed by atoms with Crippen LogP contribution in [-0.2, 0) is 25.7 Å². The Morgan fingerprint density at radius 1 is 1.14 bits per heavy atom. The van der Waals surface area contributed by atoms with Crippen LogP contribution in [0.2, 0.25) is 0 Å². The van der Waals surface area contributed by atoms with Crippen molar-refractivity contribution in [2.45, 2.75) is 20.5 Å². The van der Waals surface area contributed by atoms with Gasteiger partial charge in [0.05, 0.1) is 6.61 Å². The van der Waals surface area contributed by atoms with E-state index in [0.717, 1.165) is 5.56 Å². The summed E-state index contributed by atoms with van der Waals surface area (Å²) in [6.07, 6.45) is -0.686. The SMILES string of the molecule is CCOC(=O)C(CNC(=O)OCc1ccccc1)C(C)=O. The van der Waals surface area contributed by atoms with Crippen molar-refractivity contribution >= 4 is 17.8 Å². The topological polar surface area (TPSA) is 81.7 Å². The third kappa shape index (κ3) is 6.07. The molecule has 0 spiro atoms. The van der Waals surface area contributed by atoms with Gasteiger partial charge in [-0.15, -0.1) is 0 Å². The first kappa shape index (κ1) is 16.7. The maximum Gasteiger partial charge on any atom is 0.407 e. The van der Waals surface area contributed by atoms with Gasteiger partial charge in [0, 0.05) is 6.54 Å². The minimum atomic E-state index is -1.01. The van der Waals surface area contributed by atoms with Gasteiger partial charge in [0.1, 0.15) is 18.3 Å². The van der Waals surface area contributed by atoms with Crippen LogP contribution >= 0.6 is 0 Å². The predicted octanol–water partition coefficient (Wildman–Crippen LogP) is 1.68. The maximum atomic E-state index is 11.5. The van der Waals surface area contributed by atoms with Crippen LogP contribution < -0.4 is 5.32 Å². The Hall–Kier alpha value is -2.37. The van der Waals surface area contributed by atoms with E-state index in [1.807, 2.05) is 30.3 Å². The van der Waals surface area contributed by atoms with Gasteiger partial charge in [-0.05, 0) is 19.4 Å². The minimum absolute atomic E-state index is 0.122. The van der Waals surface area contributed by atoms with Gasteiger partial charge in [-0.1, -0.05) is 30.3 Å². The Balaban J connectivity index is 2.39. The Morgan fingerprint density at radius 3 is 2.38 bits per heavy atom. The largest absolute Gasteiger partial charge is 0.465 e. The van der Waals surface area contributed by atoms with Gasteiger partial charge >= 0.3 is 12.1 Å². The molecule has 114 valence electrons. The highest BCUT2D eigenvalue weighted by Crippen LogP contribution is 2.03. The average molecular weight is 293 g/mol. The number of ketones is 1. The van der Waals surface area contributed by atoms with E-state index in [0.29, 0.717) is 0 Å². The lowest BCUT2D eigenvalue weighted by molar-refractivity contribution is -0.150. The molecule has 0 saturated heterocycles. The number of carbonyl (C=O) groups excluding carboxylic acids is 3. The number of hydrogen-bond acceptors (Lipinski definition) is 5. The zero-order valence-corrected chi connectivity index (χ0v) is 12.1. The van der Waals surface area contributed by atoms with Crippen molar-refractivity contribution in [3.05, 3.63) is 35.9 Å². The van der Waals surface area contributed by atoms with E-state index in [1.165, 1.54) is 6.92 Å². The number of ether oxygens (including phenoxy) is 2. The van der Waals surface area contributed by atoms with Crippen molar-refractivity contribution in [3.63, 3.8) is 0 Å². The van der Waals surface area contributed by atoms with Crippen LogP contribution in [0.15, 0.2) is 30.3 Å². The molecule has 0 aliphatic carbocycles. The van der Waals surface area contributed by atoms with Crippen LogP contribution in [0.5, 0.6) is 0 Å². The third-order valence-electron chi connectivity index (χ3n) is 2.73. The average Bonchev–Trinajstić information content (AvgIpc) is 2.46. The number of amides is 1. The van der Waals surface area contributed by atoms with Gasteiger partial charge in [0.25, 0.3) is 0 Å². The van der Waals surface area contributed by atoms with E-state index in [9.17, 15) is 14.4 Å². The molecule has 1 atom stereocenters. The fraction of sp³-hybridized carbons (Fsp3) is 0.400. The molecule has 0 aliphatic heterocycles. The van der Waals surface area contributed by atoms with Crippen LogP contribution in [-0.4, -0.2) is 31.0 Å². The fourth-order valence-corrected chi connectivity index (χ4v) is 1.60. The quantitative estimate of drug-likeness (QED) is 0.611. The first-order valence-corrected chi connectivity index (χ1v) is 6.66. The summed E-state index contributed by atoms with van der Waals surface area (Å²) in [5.41, 5.74) is 0.848. The summed E-state index contributed by atoms with van der Waals surface area (Å²) in [4.78, 5) is 34.4. The van der Waals surface area contributed by atoms with Gasteiger partial charge in [-0.2, -0.15) is 0 Å². The zero-order valence-electron chi connectivity index (χ0n) is 12.1. The number of nitrogens with one attached hydrogen (secondary N) is 1. The second kappa shape index (κ2) is 8.73. The van der Waals surface area contributed by atoms with Crippen molar-refractivity contribution in [3.8, 4) is 0 Å². The van der Waals surface area contributed by atoms with E-state index in [1.54, 1.807) is 6.92 Å². The molecule has 0 saturated carbocycles. The summed E-state index contributed by atoms with van der Waals surface area (Å²) in [7, 11) is 0. The van der Waals surface area contributed by atoms with Crippen LogP contribution in [0.4, 0.5) is 4.79 Å². The summed E-state index contributed by atoms with van der Waals surface area (Å²) in [5.74, 6) is -2.01. The maximum absolute atomic E-state index is 11.5. The predicted molar refractivity (Wildman–Crippen MR) is 75.4 cm³/mol.